The van der Waals surface area contributed by atoms with Crippen LogP contribution >= 0.6 is 0 Å². The number of carbonyl (C=O) groups excluding carboxylic acids is 2. The molecule has 5 nitrogen and oxygen atoms in total. The highest BCUT2D eigenvalue weighted by Gasteiger charge is 2.03. The Morgan fingerprint density at radius 2 is 2.44 bits per heavy atom. The first-order valence-electron chi connectivity index (χ1n) is 5.11. The van der Waals surface area contributed by atoms with Gasteiger partial charge in [0, 0.05) is 11.8 Å². The van der Waals surface area contributed by atoms with E-state index in [2.05, 4.69) is 10.3 Å². The number of aromatic nitrogens is 1. The normalized spacial score (nSPS) is 9.56. The van der Waals surface area contributed by atoms with Crippen LogP contribution in [0.2, 0.25) is 0 Å². The lowest BCUT2D eigenvalue weighted by atomic mass is 10.3. The number of aldehydes is 1. The van der Waals surface area contributed by atoms with Gasteiger partial charge in [0.25, 0.3) is 0 Å². The van der Waals surface area contributed by atoms with Gasteiger partial charge in [0.15, 0.2) is 0 Å². The minimum atomic E-state index is -0.552. The number of nitrogens with one attached hydrogen (secondary N) is 1. The van der Waals surface area contributed by atoms with Gasteiger partial charge in [-0.3, -0.25) is 10.1 Å². The molecule has 1 aromatic rings. The Balaban J connectivity index is 2.46. The maximum Gasteiger partial charge on any atom is 0.412 e. The van der Waals surface area contributed by atoms with Gasteiger partial charge >= 0.3 is 6.09 Å². The molecule has 0 saturated heterocycles. The molecule has 0 unspecified atom stereocenters. The van der Waals surface area contributed by atoms with Gasteiger partial charge in [0.1, 0.15) is 12.1 Å². The lowest BCUT2D eigenvalue weighted by Crippen LogP contribution is -2.15. The van der Waals surface area contributed by atoms with Gasteiger partial charge in [-0.05, 0) is 18.6 Å². The van der Waals surface area contributed by atoms with Gasteiger partial charge in [-0.25, -0.2) is 9.78 Å². The standard InChI is InChI=1S/C11H14N2O3/c1-2-3-6-16-11(15)13-10-7-9(8-14)4-5-12-10/h4-5,7-8H,2-3,6H2,1H3,(H,12,13,15). The van der Waals surface area contributed by atoms with Crippen molar-refractivity contribution in [3.05, 3.63) is 23.9 Å². The first-order valence-corrected chi connectivity index (χ1v) is 5.11. The Morgan fingerprint density at radius 3 is 3.12 bits per heavy atom. The molecule has 0 radical (unpaired) electrons. The van der Waals surface area contributed by atoms with E-state index in [1.165, 1.54) is 12.3 Å². The van der Waals surface area contributed by atoms with E-state index in [4.69, 9.17) is 4.74 Å². The number of hydrogen-bond acceptors (Lipinski definition) is 4. The molecule has 0 saturated carbocycles. The van der Waals surface area contributed by atoms with Crippen molar-refractivity contribution in [2.75, 3.05) is 11.9 Å². The first-order chi connectivity index (χ1) is 7.76. The molecule has 0 aliphatic heterocycles. The number of anilines is 1. The molecular formula is C11H14N2O3. The fraction of sp³-hybridized carbons (Fsp3) is 0.364. The number of hydrogen-bond donors (Lipinski definition) is 1. The largest absolute Gasteiger partial charge is 0.449 e. The smallest absolute Gasteiger partial charge is 0.412 e. The van der Waals surface area contributed by atoms with Crippen LogP contribution in [0.25, 0.3) is 0 Å². The van der Waals surface area contributed by atoms with Gasteiger partial charge < -0.3 is 4.74 Å². The molecule has 0 spiro atoms. The van der Waals surface area contributed by atoms with E-state index in [0.29, 0.717) is 24.3 Å². The molecule has 0 aliphatic rings. The molecule has 0 aliphatic carbocycles. The molecular weight excluding hydrogens is 208 g/mol. The van der Waals surface area contributed by atoms with E-state index in [1.54, 1.807) is 6.07 Å². The zero-order valence-electron chi connectivity index (χ0n) is 9.10. The van der Waals surface area contributed by atoms with Crippen molar-refractivity contribution >= 4 is 18.2 Å². The van der Waals surface area contributed by atoms with Crippen LogP contribution in [0.5, 0.6) is 0 Å². The van der Waals surface area contributed by atoms with Crippen LogP contribution in [0.15, 0.2) is 18.3 Å². The van der Waals surface area contributed by atoms with E-state index < -0.39 is 6.09 Å². The fourth-order valence-corrected chi connectivity index (χ4v) is 1.04. The Bertz CT molecular complexity index is 366. The monoisotopic (exact) mass is 222 g/mol. The Hall–Kier alpha value is -1.91. The number of carbonyl (C=O) groups is 2. The van der Waals surface area contributed by atoms with E-state index in [1.807, 2.05) is 6.92 Å². The molecule has 1 rings (SSSR count). The predicted octanol–water partition coefficient (Wildman–Crippen LogP) is 2.24. The van der Waals surface area contributed by atoms with Crippen molar-refractivity contribution in [2.24, 2.45) is 0 Å². The Kier molecular flexibility index (Phi) is 4.98. The van der Waals surface area contributed by atoms with E-state index in [-0.39, 0.29) is 0 Å². The van der Waals surface area contributed by atoms with E-state index >= 15 is 0 Å². The topological polar surface area (TPSA) is 68.3 Å². The van der Waals surface area contributed by atoms with Crippen molar-refractivity contribution in [3.8, 4) is 0 Å². The molecule has 0 fully saturated rings. The van der Waals surface area contributed by atoms with E-state index in [0.717, 1.165) is 12.8 Å². The minimum Gasteiger partial charge on any atom is -0.449 e. The summed E-state index contributed by atoms with van der Waals surface area (Å²) in [5.41, 5.74) is 0.457. The number of unbranched alkanes of at least 4 members (excludes halogenated alkanes) is 1. The minimum absolute atomic E-state index is 0.311. The molecule has 0 atom stereocenters. The number of rotatable bonds is 5. The van der Waals surface area contributed by atoms with Crippen LogP contribution in [0.1, 0.15) is 30.1 Å². The van der Waals surface area contributed by atoms with Gasteiger partial charge in [-0.2, -0.15) is 0 Å². The van der Waals surface area contributed by atoms with Crippen LogP contribution in [0.4, 0.5) is 10.6 Å². The summed E-state index contributed by atoms with van der Waals surface area (Å²) in [5, 5.41) is 2.44. The first kappa shape index (κ1) is 12.2. The summed E-state index contributed by atoms with van der Waals surface area (Å²) in [6, 6.07) is 3.04. The maximum absolute atomic E-state index is 11.2. The third kappa shape index (κ3) is 4.08. The number of nitrogens with zero attached hydrogens (tertiary/aromatic N) is 1. The highest BCUT2D eigenvalue weighted by Crippen LogP contribution is 2.05. The fourth-order valence-electron chi connectivity index (χ4n) is 1.04. The second-order valence-electron chi connectivity index (χ2n) is 3.21. The SMILES string of the molecule is CCCCOC(=O)Nc1cc(C=O)ccn1. The van der Waals surface area contributed by atoms with Gasteiger partial charge in [-0.1, -0.05) is 13.3 Å². The number of ether oxygens (including phenoxy) is 1. The molecule has 1 N–H and O–H groups in total. The van der Waals surface area contributed by atoms with Gasteiger partial charge in [0.2, 0.25) is 0 Å². The summed E-state index contributed by atoms with van der Waals surface area (Å²) in [7, 11) is 0. The van der Waals surface area contributed by atoms with Crippen LogP contribution in [-0.4, -0.2) is 24.0 Å². The van der Waals surface area contributed by atoms with Crippen LogP contribution in [0.3, 0.4) is 0 Å². The summed E-state index contributed by atoms with van der Waals surface area (Å²) in [6.45, 7) is 2.39. The van der Waals surface area contributed by atoms with Gasteiger partial charge in [0.05, 0.1) is 6.61 Å². The number of amides is 1. The molecule has 0 bridgehead atoms. The molecule has 16 heavy (non-hydrogen) atoms. The molecule has 1 heterocycles. The predicted molar refractivity (Wildman–Crippen MR) is 59.5 cm³/mol. The second-order valence-corrected chi connectivity index (χ2v) is 3.21. The molecule has 86 valence electrons. The average Bonchev–Trinajstić information content (AvgIpc) is 2.29. The zero-order chi connectivity index (χ0) is 11.8. The van der Waals surface area contributed by atoms with Crippen molar-refractivity contribution in [2.45, 2.75) is 19.8 Å². The summed E-state index contributed by atoms with van der Waals surface area (Å²) in [4.78, 5) is 25.6. The average molecular weight is 222 g/mol. The van der Waals surface area contributed by atoms with Gasteiger partial charge in [-0.15, -0.1) is 0 Å². The summed E-state index contributed by atoms with van der Waals surface area (Å²) < 4.78 is 4.88. The third-order valence-electron chi connectivity index (χ3n) is 1.88. The lowest BCUT2D eigenvalue weighted by molar-refractivity contribution is 0.112. The highest BCUT2D eigenvalue weighted by molar-refractivity contribution is 5.85. The molecule has 5 heteroatoms. The highest BCUT2D eigenvalue weighted by atomic mass is 16.5. The molecule has 0 aromatic carbocycles. The zero-order valence-corrected chi connectivity index (χ0v) is 9.10. The van der Waals surface area contributed by atoms with Crippen molar-refractivity contribution in [1.29, 1.82) is 0 Å². The van der Waals surface area contributed by atoms with Crippen LogP contribution < -0.4 is 5.32 Å². The van der Waals surface area contributed by atoms with Crippen LogP contribution in [-0.2, 0) is 4.74 Å². The van der Waals surface area contributed by atoms with Crippen molar-refractivity contribution < 1.29 is 14.3 Å². The van der Waals surface area contributed by atoms with Crippen molar-refractivity contribution in [1.82, 2.24) is 4.98 Å². The quantitative estimate of drug-likeness (QED) is 0.612. The Morgan fingerprint density at radius 1 is 1.62 bits per heavy atom. The molecule has 1 amide bonds. The summed E-state index contributed by atoms with van der Waals surface area (Å²) >= 11 is 0. The summed E-state index contributed by atoms with van der Waals surface area (Å²) in [5.74, 6) is 0.311. The number of pyridine rings is 1. The molecule has 1 aromatic heterocycles. The second kappa shape index (κ2) is 6.55. The Labute approximate surface area is 93.8 Å². The van der Waals surface area contributed by atoms with E-state index in [9.17, 15) is 9.59 Å². The summed E-state index contributed by atoms with van der Waals surface area (Å²) in [6.07, 6.45) is 3.38. The van der Waals surface area contributed by atoms with Crippen LogP contribution in [0, 0.1) is 0 Å². The lowest BCUT2D eigenvalue weighted by Gasteiger charge is -2.05. The maximum atomic E-state index is 11.2. The van der Waals surface area contributed by atoms with Crippen molar-refractivity contribution in [3.63, 3.8) is 0 Å². The third-order valence-corrected chi connectivity index (χ3v) is 1.88.